The van der Waals surface area contributed by atoms with Crippen molar-refractivity contribution in [1.29, 1.82) is 0 Å². The van der Waals surface area contributed by atoms with Crippen molar-refractivity contribution < 1.29 is 0 Å². The van der Waals surface area contributed by atoms with Gasteiger partial charge < -0.3 is 4.57 Å². The van der Waals surface area contributed by atoms with E-state index >= 15 is 0 Å². The molecule has 2 aliphatic carbocycles. The Labute approximate surface area is 310 Å². The molecule has 8 aromatic carbocycles. The highest BCUT2D eigenvalue weighted by atomic mass is 15.0. The van der Waals surface area contributed by atoms with Crippen LogP contribution in [0, 0.1) is 0 Å². The van der Waals surface area contributed by atoms with E-state index in [1.165, 1.54) is 105 Å². The number of hydrogen-bond acceptors (Lipinski definition) is 0. The Morgan fingerprint density at radius 2 is 0.792 bits per heavy atom. The fourth-order valence-electron chi connectivity index (χ4n) is 9.87. The lowest BCUT2D eigenvalue weighted by molar-refractivity contribution is 0.661. The number of fused-ring (bicyclic) bond motifs is 10. The first-order valence-electron chi connectivity index (χ1n) is 18.9. The monoisotopic (exact) mass is 677 g/mol. The average molecular weight is 678 g/mol. The van der Waals surface area contributed by atoms with Gasteiger partial charge in [-0.05, 0) is 102 Å². The van der Waals surface area contributed by atoms with Crippen molar-refractivity contribution in [3.8, 4) is 50.2 Å². The van der Waals surface area contributed by atoms with Gasteiger partial charge in [0.15, 0.2) is 0 Å². The van der Waals surface area contributed by atoms with Crippen LogP contribution in [0.15, 0.2) is 164 Å². The first-order chi connectivity index (χ1) is 25.8. The van der Waals surface area contributed by atoms with Crippen LogP contribution in [0.1, 0.15) is 49.9 Å². The second-order valence-corrected chi connectivity index (χ2v) is 16.1. The predicted octanol–water partition coefficient (Wildman–Crippen LogP) is 13.9. The molecule has 0 bridgehead atoms. The predicted molar refractivity (Wildman–Crippen MR) is 224 cm³/mol. The van der Waals surface area contributed by atoms with Gasteiger partial charge >= 0.3 is 0 Å². The van der Waals surface area contributed by atoms with E-state index in [0.717, 1.165) is 0 Å². The molecule has 1 heteroatoms. The van der Waals surface area contributed by atoms with Gasteiger partial charge in [0.2, 0.25) is 0 Å². The quantitative estimate of drug-likeness (QED) is 0.175. The topological polar surface area (TPSA) is 4.93 Å². The summed E-state index contributed by atoms with van der Waals surface area (Å²) in [6.45, 7) is 9.55. The second kappa shape index (κ2) is 10.7. The van der Waals surface area contributed by atoms with E-state index in [1.807, 2.05) is 0 Å². The van der Waals surface area contributed by atoms with Gasteiger partial charge in [0.1, 0.15) is 0 Å². The van der Waals surface area contributed by atoms with Crippen LogP contribution in [-0.4, -0.2) is 4.57 Å². The van der Waals surface area contributed by atoms with E-state index in [-0.39, 0.29) is 10.8 Å². The van der Waals surface area contributed by atoms with Crippen LogP contribution in [0.25, 0.3) is 82.8 Å². The highest BCUT2D eigenvalue weighted by Gasteiger charge is 2.38. The number of rotatable bonds is 3. The molecule has 0 atom stereocenters. The second-order valence-electron chi connectivity index (χ2n) is 16.1. The molecule has 53 heavy (non-hydrogen) atoms. The van der Waals surface area contributed by atoms with Crippen LogP contribution in [-0.2, 0) is 10.8 Å². The summed E-state index contributed by atoms with van der Waals surface area (Å²) in [6.07, 6.45) is 0. The minimum absolute atomic E-state index is 0.0953. The van der Waals surface area contributed by atoms with Crippen molar-refractivity contribution in [3.63, 3.8) is 0 Å². The molecule has 0 spiro atoms. The molecule has 1 aromatic heterocycles. The Morgan fingerprint density at radius 3 is 1.38 bits per heavy atom. The van der Waals surface area contributed by atoms with Crippen LogP contribution in [0.3, 0.4) is 0 Å². The van der Waals surface area contributed by atoms with Crippen molar-refractivity contribution in [3.05, 3.63) is 186 Å². The molecule has 0 N–H and O–H groups in total. The maximum Gasteiger partial charge on any atom is 0.0544 e. The molecule has 11 rings (SSSR count). The van der Waals surface area contributed by atoms with Crippen LogP contribution in [0.4, 0.5) is 0 Å². The molecule has 0 fully saturated rings. The zero-order chi connectivity index (χ0) is 35.6. The molecular weight excluding hydrogens is 639 g/mol. The minimum Gasteiger partial charge on any atom is -0.309 e. The summed E-state index contributed by atoms with van der Waals surface area (Å²) in [5.41, 5.74) is 19.5. The highest BCUT2D eigenvalue weighted by molar-refractivity contribution is 6.15. The molecule has 252 valence electrons. The van der Waals surface area contributed by atoms with E-state index in [1.54, 1.807) is 0 Å². The molecule has 0 amide bonds. The normalized spacial score (nSPS) is 14.7. The molecule has 0 radical (unpaired) electrons. The zero-order valence-electron chi connectivity index (χ0n) is 30.5. The molecular formula is C52H39N. The molecule has 9 aromatic rings. The van der Waals surface area contributed by atoms with Gasteiger partial charge in [-0.15, -0.1) is 0 Å². The standard InChI is InChI=1S/C52H39N/c1-51(2)44-20-12-10-17-37(44)40-28-42-43-29-41-38-18-11-13-21-45(38)52(3,4)47(41)31-50(43)53(49(42)30-46(40)51)48-27-26-35(36-16-8-9-19-39(36)48)34-24-22-33(23-25-34)32-14-6-5-7-15-32/h5-31H,1-4H3. The van der Waals surface area contributed by atoms with Gasteiger partial charge in [-0.1, -0.05) is 161 Å². The molecule has 1 nitrogen and oxygen atoms in total. The van der Waals surface area contributed by atoms with Crippen molar-refractivity contribution in [2.45, 2.75) is 38.5 Å². The van der Waals surface area contributed by atoms with Crippen LogP contribution in [0.2, 0.25) is 0 Å². The Bertz CT molecular complexity index is 2850. The van der Waals surface area contributed by atoms with Crippen molar-refractivity contribution in [1.82, 2.24) is 4.57 Å². The van der Waals surface area contributed by atoms with Crippen LogP contribution >= 0.6 is 0 Å². The van der Waals surface area contributed by atoms with E-state index < -0.39 is 0 Å². The summed E-state index contributed by atoms with van der Waals surface area (Å²) >= 11 is 0. The van der Waals surface area contributed by atoms with Crippen LogP contribution in [0.5, 0.6) is 0 Å². The summed E-state index contributed by atoms with van der Waals surface area (Å²) in [5, 5.41) is 5.12. The van der Waals surface area contributed by atoms with Gasteiger partial charge in [0, 0.05) is 27.0 Å². The fourth-order valence-corrected chi connectivity index (χ4v) is 9.87. The Kier molecular flexibility index (Phi) is 6.14. The first kappa shape index (κ1) is 30.4. The molecule has 2 aliphatic rings. The SMILES string of the molecule is CC1(C)c2ccccc2-c2cc3c4cc5c(cc4n(-c4ccc(-c6ccc(-c7ccccc7)cc6)c6ccccc46)c3cc21)C(C)(C)c1ccccc1-5. The fraction of sp³-hybridized carbons (Fsp3) is 0.115. The number of nitrogens with zero attached hydrogens (tertiary/aromatic N) is 1. The van der Waals surface area contributed by atoms with E-state index in [0.29, 0.717) is 0 Å². The summed E-state index contributed by atoms with van der Waals surface area (Å²) in [4.78, 5) is 0. The lowest BCUT2D eigenvalue weighted by Gasteiger charge is -2.22. The third-order valence-electron chi connectivity index (χ3n) is 12.6. The zero-order valence-corrected chi connectivity index (χ0v) is 30.5. The van der Waals surface area contributed by atoms with Gasteiger partial charge in [0.25, 0.3) is 0 Å². The number of benzene rings is 8. The minimum atomic E-state index is -0.0953. The highest BCUT2D eigenvalue weighted by Crippen LogP contribution is 2.54. The molecule has 0 unspecified atom stereocenters. The van der Waals surface area contributed by atoms with Gasteiger partial charge in [0.05, 0.1) is 16.7 Å². The Hall–Kier alpha value is -6.18. The summed E-state index contributed by atoms with van der Waals surface area (Å²) in [7, 11) is 0. The molecule has 0 aliphatic heterocycles. The van der Waals surface area contributed by atoms with Gasteiger partial charge in [-0.3, -0.25) is 0 Å². The average Bonchev–Trinajstić information content (AvgIpc) is 3.72. The third-order valence-corrected chi connectivity index (χ3v) is 12.6. The van der Waals surface area contributed by atoms with Gasteiger partial charge in [-0.25, -0.2) is 0 Å². The lowest BCUT2D eigenvalue weighted by atomic mass is 9.82. The van der Waals surface area contributed by atoms with E-state index in [9.17, 15) is 0 Å². The van der Waals surface area contributed by atoms with Gasteiger partial charge in [-0.2, -0.15) is 0 Å². The summed E-state index contributed by atoms with van der Waals surface area (Å²) in [5.74, 6) is 0. The Balaban J connectivity index is 1.20. The van der Waals surface area contributed by atoms with E-state index in [2.05, 4.69) is 196 Å². The van der Waals surface area contributed by atoms with Crippen molar-refractivity contribution in [2.24, 2.45) is 0 Å². The molecule has 0 saturated heterocycles. The molecule has 1 heterocycles. The number of aromatic nitrogens is 1. The van der Waals surface area contributed by atoms with E-state index in [4.69, 9.17) is 0 Å². The smallest absolute Gasteiger partial charge is 0.0544 e. The van der Waals surface area contributed by atoms with Crippen molar-refractivity contribution in [2.75, 3.05) is 0 Å². The number of hydrogen-bond donors (Lipinski definition) is 0. The largest absolute Gasteiger partial charge is 0.309 e. The maximum absolute atomic E-state index is 2.58. The van der Waals surface area contributed by atoms with Crippen LogP contribution < -0.4 is 0 Å². The lowest BCUT2D eigenvalue weighted by Crippen LogP contribution is -2.15. The molecule has 0 saturated carbocycles. The third kappa shape index (κ3) is 4.14. The first-order valence-corrected chi connectivity index (χ1v) is 18.9. The maximum atomic E-state index is 2.58. The van der Waals surface area contributed by atoms with Crippen molar-refractivity contribution >= 4 is 32.6 Å². The Morgan fingerprint density at radius 1 is 0.321 bits per heavy atom. The summed E-state index contributed by atoms with van der Waals surface area (Å²) < 4.78 is 2.58. The summed E-state index contributed by atoms with van der Waals surface area (Å²) in [6, 6.07) is 61.4.